The van der Waals surface area contributed by atoms with Crippen molar-refractivity contribution in [2.45, 2.75) is 12.5 Å². The van der Waals surface area contributed by atoms with Gasteiger partial charge < -0.3 is 5.32 Å². The number of para-hydroxylation sites is 1. The molecule has 0 aliphatic carbocycles. The smallest absolute Gasteiger partial charge is 0.262 e. The topological polar surface area (TPSA) is 105 Å². The molecule has 0 spiro atoms. The summed E-state index contributed by atoms with van der Waals surface area (Å²) in [4.78, 5) is 12.6. The van der Waals surface area contributed by atoms with E-state index in [9.17, 15) is 18.5 Å². The average Bonchev–Trinajstić information content (AvgIpc) is 3.35. The summed E-state index contributed by atoms with van der Waals surface area (Å²) in [7, 11) is -3.13. The molecule has 3 aromatic rings. The lowest BCUT2D eigenvalue weighted by atomic mass is 10.1. The third kappa shape index (κ3) is 4.73. The second-order valence-electron chi connectivity index (χ2n) is 7.32. The summed E-state index contributed by atoms with van der Waals surface area (Å²) in [5.74, 6) is -0.638. The second kappa shape index (κ2) is 8.58. The number of carbonyl (C=O) groups is 1. The Morgan fingerprint density at radius 1 is 1.13 bits per heavy atom. The Labute approximate surface area is 180 Å². The molecular weight excluding hydrogens is 412 g/mol. The van der Waals surface area contributed by atoms with Crippen molar-refractivity contribution in [3.63, 3.8) is 0 Å². The monoisotopic (exact) mass is 432 g/mol. The standard InChI is InChI=1S/C23H20N4O3S/c24-14-18(23(28)25-20-11-12-31(29,30)16-20)13-19-15-27(21-9-5-2-6-10-21)26-22(19)17-7-3-1-4-8-17/h1-10,13,15,20H,11-12,16H2,(H,25,28). The second-order valence-corrected chi connectivity index (χ2v) is 9.55. The molecule has 1 aromatic heterocycles. The first-order valence-electron chi connectivity index (χ1n) is 9.79. The van der Waals surface area contributed by atoms with Crippen LogP contribution in [0.5, 0.6) is 0 Å². The molecular formula is C23H20N4O3S. The molecule has 1 atom stereocenters. The van der Waals surface area contributed by atoms with Crippen molar-refractivity contribution in [1.82, 2.24) is 15.1 Å². The molecule has 156 valence electrons. The molecule has 1 N–H and O–H groups in total. The van der Waals surface area contributed by atoms with Crippen LogP contribution in [0, 0.1) is 11.3 Å². The summed E-state index contributed by atoms with van der Waals surface area (Å²) in [6.07, 6.45) is 3.61. The quantitative estimate of drug-likeness (QED) is 0.493. The molecule has 0 saturated carbocycles. The summed E-state index contributed by atoms with van der Waals surface area (Å²) in [6.45, 7) is 0. The fourth-order valence-electron chi connectivity index (χ4n) is 3.50. The van der Waals surface area contributed by atoms with Crippen LogP contribution in [0.1, 0.15) is 12.0 Å². The molecule has 1 unspecified atom stereocenters. The van der Waals surface area contributed by atoms with Gasteiger partial charge in [-0.2, -0.15) is 10.4 Å². The van der Waals surface area contributed by atoms with Crippen LogP contribution in [0.2, 0.25) is 0 Å². The van der Waals surface area contributed by atoms with E-state index < -0.39 is 21.8 Å². The fourth-order valence-corrected chi connectivity index (χ4v) is 5.18. The zero-order valence-corrected chi connectivity index (χ0v) is 17.4. The Morgan fingerprint density at radius 3 is 2.42 bits per heavy atom. The molecule has 1 aliphatic rings. The molecule has 1 saturated heterocycles. The largest absolute Gasteiger partial charge is 0.348 e. The molecule has 2 heterocycles. The van der Waals surface area contributed by atoms with Crippen molar-refractivity contribution in [1.29, 1.82) is 5.26 Å². The van der Waals surface area contributed by atoms with Gasteiger partial charge in [-0.3, -0.25) is 4.79 Å². The lowest BCUT2D eigenvalue weighted by molar-refractivity contribution is -0.117. The van der Waals surface area contributed by atoms with E-state index in [0.717, 1.165) is 11.3 Å². The molecule has 0 radical (unpaired) electrons. The van der Waals surface area contributed by atoms with Crippen molar-refractivity contribution in [2.24, 2.45) is 0 Å². The third-order valence-electron chi connectivity index (χ3n) is 5.04. The van der Waals surface area contributed by atoms with Crippen LogP contribution in [-0.4, -0.2) is 41.7 Å². The van der Waals surface area contributed by atoms with Crippen molar-refractivity contribution in [3.8, 4) is 23.0 Å². The van der Waals surface area contributed by atoms with E-state index in [4.69, 9.17) is 0 Å². The van der Waals surface area contributed by atoms with Gasteiger partial charge in [0.2, 0.25) is 0 Å². The van der Waals surface area contributed by atoms with Gasteiger partial charge in [-0.1, -0.05) is 48.5 Å². The molecule has 2 aromatic carbocycles. The highest BCUT2D eigenvalue weighted by Gasteiger charge is 2.29. The van der Waals surface area contributed by atoms with Crippen LogP contribution in [0.3, 0.4) is 0 Å². The zero-order chi connectivity index (χ0) is 21.8. The Morgan fingerprint density at radius 2 is 1.81 bits per heavy atom. The first-order valence-corrected chi connectivity index (χ1v) is 11.6. The number of benzene rings is 2. The molecule has 7 nitrogen and oxygen atoms in total. The molecule has 31 heavy (non-hydrogen) atoms. The van der Waals surface area contributed by atoms with E-state index in [1.165, 1.54) is 6.08 Å². The van der Waals surface area contributed by atoms with Crippen LogP contribution in [0.15, 0.2) is 72.4 Å². The van der Waals surface area contributed by atoms with Crippen molar-refractivity contribution >= 4 is 21.8 Å². The minimum absolute atomic E-state index is 0.0472. The Balaban J connectivity index is 1.69. The molecule has 0 bridgehead atoms. The maximum absolute atomic E-state index is 12.6. The highest BCUT2D eigenvalue weighted by atomic mass is 32.2. The third-order valence-corrected chi connectivity index (χ3v) is 6.81. The number of aromatic nitrogens is 2. The van der Waals surface area contributed by atoms with E-state index in [2.05, 4.69) is 10.4 Å². The van der Waals surface area contributed by atoms with Crippen LogP contribution < -0.4 is 5.32 Å². The van der Waals surface area contributed by atoms with Crippen molar-refractivity contribution < 1.29 is 13.2 Å². The van der Waals surface area contributed by atoms with Gasteiger partial charge in [0.25, 0.3) is 5.91 Å². The number of rotatable bonds is 5. The van der Waals surface area contributed by atoms with E-state index in [-0.39, 0.29) is 17.1 Å². The number of nitrogens with zero attached hydrogens (tertiary/aromatic N) is 3. The van der Waals surface area contributed by atoms with E-state index in [1.54, 1.807) is 10.9 Å². The van der Waals surface area contributed by atoms with Gasteiger partial charge >= 0.3 is 0 Å². The fraction of sp³-hybridized carbons (Fsp3) is 0.174. The summed E-state index contributed by atoms with van der Waals surface area (Å²) < 4.78 is 25.0. The predicted molar refractivity (Wildman–Crippen MR) is 118 cm³/mol. The van der Waals surface area contributed by atoms with Gasteiger partial charge in [-0.15, -0.1) is 0 Å². The highest BCUT2D eigenvalue weighted by Crippen LogP contribution is 2.25. The summed E-state index contributed by atoms with van der Waals surface area (Å²) in [5, 5.41) is 16.9. The molecule has 4 rings (SSSR count). The maximum atomic E-state index is 12.6. The summed E-state index contributed by atoms with van der Waals surface area (Å²) in [6, 6.07) is 20.5. The average molecular weight is 433 g/mol. The van der Waals surface area contributed by atoms with Gasteiger partial charge in [-0.25, -0.2) is 13.1 Å². The van der Waals surface area contributed by atoms with Gasteiger partial charge in [-0.05, 0) is 24.6 Å². The molecule has 1 amide bonds. The Hall–Kier alpha value is -3.70. The molecule has 1 fully saturated rings. The van der Waals surface area contributed by atoms with Crippen molar-refractivity contribution in [2.75, 3.05) is 11.5 Å². The van der Waals surface area contributed by atoms with Crippen LogP contribution in [0.25, 0.3) is 23.0 Å². The normalized spacial score (nSPS) is 17.8. The number of carbonyl (C=O) groups excluding carboxylic acids is 1. The van der Waals surface area contributed by atoms with Gasteiger partial charge in [0, 0.05) is 23.4 Å². The number of hydrogen-bond acceptors (Lipinski definition) is 5. The number of nitrogens with one attached hydrogen (secondary N) is 1. The van der Waals surface area contributed by atoms with Gasteiger partial charge in [0.15, 0.2) is 9.84 Å². The van der Waals surface area contributed by atoms with E-state index in [1.807, 2.05) is 66.7 Å². The van der Waals surface area contributed by atoms with Crippen molar-refractivity contribution in [3.05, 3.63) is 78.0 Å². The van der Waals surface area contributed by atoms with Crippen LogP contribution >= 0.6 is 0 Å². The number of amides is 1. The minimum atomic E-state index is -3.13. The van der Waals surface area contributed by atoms with E-state index in [0.29, 0.717) is 17.7 Å². The number of nitriles is 1. The lowest BCUT2D eigenvalue weighted by Crippen LogP contribution is -2.36. The van der Waals surface area contributed by atoms with Crippen LogP contribution in [0.4, 0.5) is 0 Å². The minimum Gasteiger partial charge on any atom is -0.348 e. The molecule has 1 aliphatic heterocycles. The molecule has 8 heteroatoms. The Kier molecular flexibility index (Phi) is 5.69. The first-order chi connectivity index (χ1) is 14.9. The highest BCUT2D eigenvalue weighted by molar-refractivity contribution is 7.91. The predicted octanol–water partition coefficient (Wildman–Crippen LogP) is 2.75. The number of sulfone groups is 1. The van der Waals surface area contributed by atoms with Gasteiger partial charge in [0.1, 0.15) is 11.6 Å². The SMILES string of the molecule is N#CC(=Cc1cn(-c2ccccc2)nc1-c1ccccc1)C(=O)NC1CCS(=O)(=O)C1. The maximum Gasteiger partial charge on any atom is 0.262 e. The zero-order valence-electron chi connectivity index (χ0n) is 16.6. The first kappa shape index (κ1) is 20.6. The number of hydrogen-bond donors (Lipinski definition) is 1. The summed E-state index contributed by atoms with van der Waals surface area (Å²) in [5.41, 5.74) is 2.84. The van der Waals surface area contributed by atoms with Gasteiger partial charge in [0.05, 0.1) is 22.9 Å². The van der Waals surface area contributed by atoms with E-state index >= 15 is 0 Å². The Bertz CT molecular complexity index is 1270. The summed E-state index contributed by atoms with van der Waals surface area (Å²) >= 11 is 0. The lowest BCUT2D eigenvalue weighted by Gasteiger charge is -2.09. The van der Waals surface area contributed by atoms with Crippen LogP contribution in [-0.2, 0) is 14.6 Å².